The third kappa shape index (κ3) is 3.92. The van der Waals surface area contributed by atoms with Gasteiger partial charge in [0.15, 0.2) is 0 Å². The molecule has 2 aromatic rings. The summed E-state index contributed by atoms with van der Waals surface area (Å²) in [5.41, 5.74) is 3.88. The van der Waals surface area contributed by atoms with E-state index < -0.39 is 6.09 Å². The molecule has 2 aromatic carbocycles. The maximum absolute atomic E-state index is 11.3. The van der Waals surface area contributed by atoms with Gasteiger partial charge >= 0.3 is 6.09 Å². The largest absolute Gasteiger partial charge is 0.435 e. The number of carbonyl (C=O) groups is 1. The van der Waals surface area contributed by atoms with Gasteiger partial charge in [0, 0.05) is 14.1 Å². The molecular formula is C17H18N2O2. The van der Waals surface area contributed by atoms with Crippen LogP contribution >= 0.6 is 0 Å². The van der Waals surface area contributed by atoms with Crippen LogP contribution in [0.4, 0.5) is 4.79 Å². The zero-order chi connectivity index (χ0) is 15.2. The maximum atomic E-state index is 11.3. The molecule has 4 heteroatoms. The Morgan fingerprint density at radius 3 is 2.10 bits per heavy atom. The summed E-state index contributed by atoms with van der Waals surface area (Å²) < 4.78 is 0. The molecule has 0 atom stereocenters. The fraction of sp³-hybridized carbons (Fsp3) is 0.176. The average Bonchev–Trinajstić information content (AvgIpc) is 2.53. The van der Waals surface area contributed by atoms with Crippen molar-refractivity contribution in [1.82, 2.24) is 4.90 Å². The molecule has 0 unspecified atom stereocenters. The van der Waals surface area contributed by atoms with Crippen LogP contribution in [-0.4, -0.2) is 30.8 Å². The molecule has 0 aliphatic heterocycles. The highest BCUT2D eigenvalue weighted by atomic mass is 16.7. The lowest BCUT2D eigenvalue weighted by Crippen LogP contribution is -2.21. The molecule has 0 aliphatic carbocycles. The smallest absolute Gasteiger partial charge is 0.312 e. The van der Waals surface area contributed by atoms with Crippen LogP contribution in [0.3, 0.4) is 0 Å². The predicted molar refractivity (Wildman–Crippen MR) is 84.3 cm³/mol. The molecule has 0 saturated heterocycles. The van der Waals surface area contributed by atoms with Gasteiger partial charge in [-0.2, -0.15) is 0 Å². The van der Waals surface area contributed by atoms with Crippen molar-refractivity contribution in [2.75, 3.05) is 14.1 Å². The minimum absolute atomic E-state index is 0.491. The van der Waals surface area contributed by atoms with Gasteiger partial charge in [-0.15, -0.1) is 0 Å². The van der Waals surface area contributed by atoms with Gasteiger partial charge in [0.2, 0.25) is 0 Å². The van der Waals surface area contributed by atoms with Crippen LogP contribution < -0.4 is 0 Å². The lowest BCUT2D eigenvalue weighted by atomic mass is 10.0. The third-order valence-electron chi connectivity index (χ3n) is 3.04. The summed E-state index contributed by atoms with van der Waals surface area (Å²) in [6.07, 6.45) is -0.491. The zero-order valence-electron chi connectivity index (χ0n) is 12.4. The van der Waals surface area contributed by atoms with Crippen molar-refractivity contribution in [1.29, 1.82) is 0 Å². The van der Waals surface area contributed by atoms with E-state index in [1.807, 2.05) is 42.5 Å². The third-order valence-corrected chi connectivity index (χ3v) is 3.04. The number of benzene rings is 2. The first-order valence-electron chi connectivity index (χ1n) is 6.66. The van der Waals surface area contributed by atoms with Gasteiger partial charge in [0.25, 0.3) is 0 Å². The molecule has 0 saturated carbocycles. The summed E-state index contributed by atoms with van der Waals surface area (Å²) in [5, 5.41) is 3.84. The first-order valence-corrected chi connectivity index (χ1v) is 6.66. The van der Waals surface area contributed by atoms with Crippen molar-refractivity contribution in [3.63, 3.8) is 0 Å². The fourth-order valence-corrected chi connectivity index (χ4v) is 1.78. The Hall–Kier alpha value is -2.62. The van der Waals surface area contributed by atoms with E-state index in [0.717, 1.165) is 16.7 Å². The standard InChI is InChI=1S/C17H18N2O2/c1-13(18-21-17(20)19(2)3)14-9-11-16(12-10-14)15-7-5-4-6-8-15/h4-12H,1-3H3/b18-13-. The second-order valence-corrected chi connectivity index (χ2v) is 4.87. The molecule has 0 radical (unpaired) electrons. The molecule has 0 bridgehead atoms. The van der Waals surface area contributed by atoms with Crippen LogP contribution in [0.25, 0.3) is 11.1 Å². The molecule has 4 nitrogen and oxygen atoms in total. The lowest BCUT2D eigenvalue weighted by molar-refractivity contribution is 0.122. The van der Waals surface area contributed by atoms with Crippen LogP contribution in [0.2, 0.25) is 0 Å². The minimum atomic E-state index is -0.491. The molecular weight excluding hydrogens is 264 g/mol. The highest BCUT2D eigenvalue weighted by Crippen LogP contribution is 2.19. The van der Waals surface area contributed by atoms with Gasteiger partial charge < -0.3 is 4.90 Å². The second-order valence-electron chi connectivity index (χ2n) is 4.87. The van der Waals surface area contributed by atoms with Crippen LogP contribution in [0.1, 0.15) is 12.5 Å². The molecule has 0 heterocycles. The molecule has 0 N–H and O–H groups in total. The van der Waals surface area contributed by atoms with E-state index in [1.165, 1.54) is 4.90 Å². The van der Waals surface area contributed by atoms with Crippen molar-refractivity contribution in [2.45, 2.75) is 6.92 Å². The minimum Gasteiger partial charge on any atom is -0.312 e. The summed E-state index contributed by atoms with van der Waals surface area (Å²) in [7, 11) is 3.23. The summed E-state index contributed by atoms with van der Waals surface area (Å²) in [4.78, 5) is 17.5. The van der Waals surface area contributed by atoms with E-state index in [-0.39, 0.29) is 0 Å². The van der Waals surface area contributed by atoms with Gasteiger partial charge in [-0.1, -0.05) is 59.8 Å². The molecule has 0 aromatic heterocycles. The Balaban J connectivity index is 2.12. The zero-order valence-corrected chi connectivity index (χ0v) is 12.4. The highest BCUT2D eigenvalue weighted by Gasteiger charge is 2.05. The maximum Gasteiger partial charge on any atom is 0.435 e. The van der Waals surface area contributed by atoms with Crippen LogP contribution in [-0.2, 0) is 4.84 Å². The Kier molecular flexibility index (Phi) is 4.72. The van der Waals surface area contributed by atoms with Gasteiger partial charge in [0.05, 0.1) is 5.71 Å². The summed E-state index contributed by atoms with van der Waals surface area (Å²) in [6, 6.07) is 18.1. The summed E-state index contributed by atoms with van der Waals surface area (Å²) in [5.74, 6) is 0. The average molecular weight is 282 g/mol. The predicted octanol–water partition coefficient (Wildman–Crippen LogP) is 3.78. The number of oxime groups is 1. The monoisotopic (exact) mass is 282 g/mol. The molecule has 2 rings (SSSR count). The van der Waals surface area contributed by atoms with Gasteiger partial charge in [-0.05, 0) is 23.6 Å². The van der Waals surface area contributed by atoms with E-state index >= 15 is 0 Å². The number of hydrogen-bond donors (Lipinski definition) is 0. The highest BCUT2D eigenvalue weighted by molar-refractivity contribution is 5.99. The van der Waals surface area contributed by atoms with E-state index in [9.17, 15) is 4.79 Å². The normalized spacial score (nSPS) is 11.1. The van der Waals surface area contributed by atoms with E-state index in [4.69, 9.17) is 4.84 Å². The number of carbonyl (C=O) groups excluding carboxylic acids is 1. The van der Waals surface area contributed by atoms with E-state index in [1.54, 1.807) is 21.0 Å². The Morgan fingerprint density at radius 2 is 1.52 bits per heavy atom. The van der Waals surface area contributed by atoms with E-state index in [2.05, 4.69) is 17.3 Å². The fourth-order valence-electron chi connectivity index (χ4n) is 1.78. The number of nitrogens with zero attached hydrogens (tertiary/aromatic N) is 2. The number of hydrogen-bond acceptors (Lipinski definition) is 3. The van der Waals surface area contributed by atoms with Crippen molar-refractivity contribution >= 4 is 11.8 Å². The molecule has 0 spiro atoms. The Labute approximate surface area is 124 Å². The van der Waals surface area contributed by atoms with Crippen molar-refractivity contribution in [3.05, 3.63) is 60.2 Å². The van der Waals surface area contributed by atoms with Crippen molar-refractivity contribution < 1.29 is 9.63 Å². The van der Waals surface area contributed by atoms with Gasteiger partial charge in [-0.3, -0.25) is 4.84 Å². The molecule has 0 aliphatic rings. The van der Waals surface area contributed by atoms with Crippen LogP contribution in [0.5, 0.6) is 0 Å². The van der Waals surface area contributed by atoms with Crippen LogP contribution in [0.15, 0.2) is 59.8 Å². The number of amides is 1. The summed E-state index contributed by atoms with van der Waals surface area (Å²) in [6.45, 7) is 1.81. The summed E-state index contributed by atoms with van der Waals surface area (Å²) >= 11 is 0. The quantitative estimate of drug-likeness (QED) is 0.488. The molecule has 1 amide bonds. The first kappa shape index (κ1) is 14.8. The van der Waals surface area contributed by atoms with Gasteiger partial charge in [-0.25, -0.2) is 4.79 Å². The first-order chi connectivity index (χ1) is 10.1. The van der Waals surface area contributed by atoms with Crippen molar-refractivity contribution in [3.8, 4) is 11.1 Å². The number of rotatable bonds is 3. The van der Waals surface area contributed by atoms with E-state index in [0.29, 0.717) is 5.71 Å². The topological polar surface area (TPSA) is 41.9 Å². The van der Waals surface area contributed by atoms with Gasteiger partial charge in [0.1, 0.15) is 0 Å². The van der Waals surface area contributed by atoms with Crippen LogP contribution in [0, 0.1) is 0 Å². The second kappa shape index (κ2) is 6.70. The Bertz CT molecular complexity index is 632. The molecule has 108 valence electrons. The molecule has 21 heavy (non-hydrogen) atoms. The Morgan fingerprint density at radius 1 is 0.952 bits per heavy atom. The van der Waals surface area contributed by atoms with Crippen molar-refractivity contribution in [2.24, 2.45) is 5.16 Å². The molecule has 0 fully saturated rings. The SMILES string of the molecule is C/C(=N/OC(=O)N(C)C)c1ccc(-c2ccccc2)cc1. The lowest BCUT2D eigenvalue weighted by Gasteiger charge is -2.07.